The van der Waals surface area contributed by atoms with Crippen LogP contribution in [-0.2, 0) is 18.4 Å². The average Bonchev–Trinajstić information content (AvgIpc) is 3.19. The van der Waals surface area contributed by atoms with Gasteiger partial charge in [0.25, 0.3) is 0 Å². The topological polar surface area (TPSA) is 105 Å². The van der Waals surface area contributed by atoms with Crippen LogP contribution in [0.15, 0.2) is 0 Å². The average molecular weight is 860 g/mol. The van der Waals surface area contributed by atoms with Gasteiger partial charge in [0.1, 0.15) is 13.2 Å². The largest absolute Gasteiger partial charge is 0.472 e. The van der Waals surface area contributed by atoms with Gasteiger partial charge in [0.15, 0.2) is 0 Å². The van der Waals surface area contributed by atoms with Gasteiger partial charge in [-0.15, -0.1) is 0 Å². The quantitative estimate of drug-likeness (QED) is 0.0320. The second-order valence-corrected chi connectivity index (χ2v) is 20.7. The van der Waals surface area contributed by atoms with E-state index in [-0.39, 0.29) is 19.1 Å². The van der Waals surface area contributed by atoms with Crippen molar-refractivity contribution in [3.8, 4) is 0 Å². The Morgan fingerprint density at radius 3 is 1.14 bits per heavy atom. The summed E-state index contributed by atoms with van der Waals surface area (Å²) in [7, 11) is 1.63. The standard InChI is InChI=1S/C50H103N2O6P/c1-6-8-10-12-14-16-18-20-22-23-24-25-26-27-28-30-32-34-36-38-40-42-44-50(54)51-48(47-58-59(55,56)57-46-45-52(3,4)5)49(53)43-41-39-37-35-33-31-29-21-19-17-15-13-11-9-7-2/h48-49,53H,6-47H2,1-5H3,(H-,51,54,55,56)/p+1. The molecular weight excluding hydrogens is 756 g/mol. The van der Waals surface area contributed by atoms with Crippen LogP contribution < -0.4 is 5.32 Å². The summed E-state index contributed by atoms with van der Waals surface area (Å²) in [4.78, 5) is 23.2. The van der Waals surface area contributed by atoms with Crippen LogP contribution in [0.2, 0.25) is 0 Å². The molecule has 0 heterocycles. The first-order valence-electron chi connectivity index (χ1n) is 25.9. The molecule has 0 rings (SSSR count). The van der Waals surface area contributed by atoms with E-state index in [2.05, 4.69) is 19.2 Å². The second-order valence-electron chi connectivity index (χ2n) is 19.3. The fraction of sp³-hybridized carbons (Fsp3) is 0.980. The molecule has 0 radical (unpaired) electrons. The van der Waals surface area contributed by atoms with E-state index in [1.54, 1.807) is 0 Å². The van der Waals surface area contributed by atoms with E-state index < -0.39 is 20.0 Å². The molecule has 354 valence electrons. The van der Waals surface area contributed by atoms with Gasteiger partial charge in [0, 0.05) is 6.42 Å². The Kier molecular flexibility index (Phi) is 42.4. The van der Waals surface area contributed by atoms with Crippen LogP contribution >= 0.6 is 7.82 Å². The number of carbonyl (C=O) groups excluding carboxylic acids is 1. The monoisotopic (exact) mass is 860 g/mol. The lowest BCUT2D eigenvalue weighted by molar-refractivity contribution is -0.870. The van der Waals surface area contributed by atoms with Gasteiger partial charge in [-0.05, 0) is 12.8 Å². The van der Waals surface area contributed by atoms with Crippen molar-refractivity contribution in [2.24, 2.45) is 0 Å². The Morgan fingerprint density at radius 1 is 0.508 bits per heavy atom. The van der Waals surface area contributed by atoms with E-state index in [9.17, 15) is 19.4 Å². The zero-order chi connectivity index (χ0) is 43.6. The summed E-state index contributed by atoms with van der Waals surface area (Å²) in [6.45, 7) is 4.93. The number of hydrogen-bond acceptors (Lipinski definition) is 5. The fourth-order valence-electron chi connectivity index (χ4n) is 7.99. The number of phosphoric ester groups is 1. The zero-order valence-corrected chi connectivity index (χ0v) is 41.2. The predicted molar refractivity (Wildman–Crippen MR) is 254 cm³/mol. The van der Waals surface area contributed by atoms with Crippen LogP contribution in [0.3, 0.4) is 0 Å². The molecule has 59 heavy (non-hydrogen) atoms. The highest BCUT2D eigenvalue weighted by Crippen LogP contribution is 2.43. The number of unbranched alkanes of at least 4 members (excludes halogenated alkanes) is 35. The molecule has 9 heteroatoms. The minimum absolute atomic E-state index is 0.0789. The number of nitrogens with one attached hydrogen (secondary N) is 1. The number of rotatable bonds is 48. The van der Waals surface area contributed by atoms with Crippen molar-refractivity contribution in [2.75, 3.05) is 40.9 Å². The van der Waals surface area contributed by atoms with Crippen molar-refractivity contribution < 1.29 is 32.9 Å². The van der Waals surface area contributed by atoms with Gasteiger partial charge < -0.3 is 19.8 Å². The molecule has 0 aliphatic rings. The first-order valence-corrected chi connectivity index (χ1v) is 27.4. The number of aliphatic hydroxyl groups is 1. The van der Waals surface area contributed by atoms with E-state index in [4.69, 9.17) is 9.05 Å². The molecule has 0 aliphatic carbocycles. The van der Waals surface area contributed by atoms with Gasteiger partial charge in [0.05, 0.1) is 39.9 Å². The summed E-state index contributed by atoms with van der Waals surface area (Å²) < 4.78 is 23.7. The van der Waals surface area contributed by atoms with Gasteiger partial charge in [-0.25, -0.2) is 4.57 Å². The highest BCUT2D eigenvalue weighted by atomic mass is 31.2. The van der Waals surface area contributed by atoms with E-state index in [0.29, 0.717) is 23.9 Å². The molecule has 0 fully saturated rings. The maximum Gasteiger partial charge on any atom is 0.472 e. The smallest absolute Gasteiger partial charge is 0.391 e. The van der Waals surface area contributed by atoms with Crippen molar-refractivity contribution in [3.05, 3.63) is 0 Å². The van der Waals surface area contributed by atoms with Crippen molar-refractivity contribution in [2.45, 2.75) is 276 Å². The van der Waals surface area contributed by atoms with E-state index in [1.807, 2.05) is 21.1 Å². The summed E-state index contributed by atoms with van der Waals surface area (Å²) in [5, 5.41) is 14.0. The Balaban J connectivity index is 4.18. The molecule has 3 unspecified atom stereocenters. The van der Waals surface area contributed by atoms with Gasteiger partial charge >= 0.3 is 7.82 Å². The summed E-state index contributed by atoms with van der Waals surface area (Å²) in [5.74, 6) is -0.138. The number of aliphatic hydroxyl groups excluding tert-OH is 1. The molecule has 3 atom stereocenters. The molecule has 3 N–H and O–H groups in total. The van der Waals surface area contributed by atoms with Crippen molar-refractivity contribution >= 4 is 13.7 Å². The van der Waals surface area contributed by atoms with Crippen LogP contribution in [0.1, 0.15) is 264 Å². The number of phosphoric acid groups is 1. The van der Waals surface area contributed by atoms with Crippen LogP contribution in [0.4, 0.5) is 0 Å². The number of quaternary nitrogens is 1. The van der Waals surface area contributed by atoms with Crippen molar-refractivity contribution in [3.63, 3.8) is 0 Å². The lowest BCUT2D eigenvalue weighted by Crippen LogP contribution is -2.46. The summed E-state index contributed by atoms with van der Waals surface area (Å²) in [5.41, 5.74) is 0. The lowest BCUT2D eigenvalue weighted by atomic mass is 10.0. The van der Waals surface area contributed by atoms with Gasteiger partial charge in [-0.3, -0.25) is 13.8 Å². The first-order chi connectivity index (χ1) is 28.5. The molecule has 0 spiro atoms. The summed E-state index contributed by atoms with van der Waals surface area (Å²) >= 11 is 0. The fourth-order valence-corrected chi connectivity index (χ4v) is 8.73. The molecule has 0 saturated carbocycles. The number of likely N-dealkylation sites (N-methyl/N-ethyl adjacent to an activating group) is 1. The SMILES string of the molecule is CCCCCCCCCCCCCCCCCCCCCCCCC(=O)NC(COP(=O)(O)OCC[N+](C)(C)C)C(O)CCCCCCCCCCCCCCCCC. The highest BCUT2D eigenvalue weighted by molar-refractivity contribution is 7.47. The minimum atomic E-state index is -4.31. The number of amides is 1. The van der Waals surface area contributed by atoms with Crippen molar-refractivity contribution in [1.82, 2.24) is 5.32 Å². The molecule has 0 aromatic heterocycles. The van der Waals surface area contributed by atoms with Crippen molar-refractivity contribution in [1.29, 1.82) is 0 Å². The van der Waals surface area contributed by atoms with E-state index in [0.717, 1.165) is 38.5 Å². The predicted octanol–water partition coefficient (Wildman–Crippen LogP) is 14.9. The van der Waals surface area contributed by atoms with E-state index in [1.165, 1.54) is 199 Å². The molecule has 0 aliphatic heterocycles. The Hall–Kier alpha value is -0.500. The molecule has 0 aromatic carbocycles. The first kappa shape index (κ1) is 58.5. The third-order valence-corrected chi connectivity index (χ3v) is 13.1. The molecule has 1 amide bonds. The normalized spacial score (nSPS) is 14.1. The Labute approximate surface area is 368 Å². The van der Waals surface area contributed by atoms with Crippen LogP contribution in [0.25, 0.3) is 0 Å². The van der Waals surface area contributed by atoms with Crippen LogP contribution in [-0.4, -0.2) is 73.4 Å². The molecule has 0 bridgehead atoms. The summed E-state index contributed by atoms with van der Waals surface area (Å²) in [6.07, 6.45) is 48.5. The summed E-state index contributed by atoms with van der Waals surface area (Å²) in [6, 6.07) is -0.753. The maximum atomic E-state index is 12.9. The molecule has 8 nitrogen and oxygen atoms in total. The zero-order valence-electron chi connectivity index (χ0n) is 40.3. The van der Waals surface area contributed by atoms with Gasteiger partial charge in [-0.1, -0.05) is 245 Å². The van der Waals surface area contributed by atoms with E-state index >= 15 is 0 Å². The highest BCUT2D eigenvalue weighted by Gasteiger charge is 2.28. The third-order valence-electron chi connectivity index (χ3n) is 12.1. The maximum absolute atomic E-state index is 12.9. The van der Waals surface area contributed by atoms with Crippen LogP contribution in [0, 0.1) is 0 Å². The van der Waals surface area contributed by atoms with Crippen LogP contribution in [0.5, 0.6) is 0 Å². The number of hydrogen-bond donors (Lipinski definition) is 3. The number of carbonyl (C=O) groups is 1. The molecule has 0 aromatic rings. The minimum Gasteiger partial charge on any atom is -0.391 e. The number of nitrogens with zero attached hydrogens (tertiary/aromatic N) is 1. The molecule has 0 saturated heterocycles. The van der Waals surface area contributed by atoms with Gasteiger partial charge in [0.2, 0.25) is 5.91 Å². The lowest BCUT2D eigenvalue weighted by Gasteiger charge is -2.26. The van der Waals surface area contributed by atoms with Gasteiger partial charge in [-0.2, -0.15) is 0 Å². The Bertz CT molecular complexity index is 932. The third kappa shape index (κ3) is 45.3. The second kappa shape index (κ2) is 42.8. The Morgan fingerprint density at radius 2 is 0.814 bits per heavy atom. The molecular formula is C50H104N2O6P+.